The maximum atomic E-state index is 12.5. The first kappa shape index (κ1) is 25.0. The number of nitrogens with zero attached hydrogens (tertiary/aromatic N) is 6. The molecule has 9 nitrogen and oxygen atoms in total. The molecule has 0 bridgehead atoms. The Morgan fingerprint density at radius 1 is 1.27 bits per heavy atom. The van der Waals surface area contributed by atoms with Gasteiger partial charge >= 0.3 is 5.69 Å². The molecule has 178 valence electrons. The van der Waals surface area contributed by atoms with Crippen molar-refractivity contribution in [3.05, 3.63) is 58.7 Å². The van der Waals surface area contributed by atoms with Crippen molar-refractivity contribution in [3.63, 3.8) is 0 Å². The van der Waals surface area contributed by atoms with E-state index in [-0.39, 0.29) is 29.7 Å². The molecule has 0 saturated heterocycles. The number of aliphatic imine (C=N–C) groups is 1. The monoisotopic (exact) mass is 564 g/mol. The zero-order chi connectivity index (χ0) is 22.3. The van der Waals surface area contributed by atoms with E-state index in [0.29, 0.717) is 19.6 Å². The van der Waals surface area contributed by atoms with Crippen LogP contribution in [-0.2, 0) is 26.1 Å². The molecule has 3 heterocycles. The van der Waals surface area contributed by atoms with Gasteiger partial charge < -0.3 is 15.2 Å². The molecule has 33 heavy (non-hydrogen) atoms. The number of fused-ring (bicyclic) bond motifs is 1. The molecule has 0 spiro atoms. The summed E-state index contributed by atoms with van der Waals surface area (Å²) < 4.78 is 3.42. The predicted octanol–water partition coefficient (Wildman–Crippen LogP) is 2.88. The Morgan fingerprint density at radius 2 is 2.09 bits per heavy atom. The number of guanidine groups is 1. The summed E-state index contributed by atoms with van der Waals surface area (Å²) in [5.74, 6) is 2.62. The van der Waals surface area contributed by atoms with Gasteiger partial charge in [0, 0.05) is 39.6 Å². The highest BCUT2D eigenvalue weighted by molar-refractivity contribution is 14.0. The summed E-state index contributed by atoms with van der Waals surface area (Å²) >= 11 is 0. The summed E-state index contributed by atoms with van der Waals surface area (Å²) in [6.07, 6.45) is 5.70. The minimum atomic E-state index is 0. The highest BCUT2D eigenvalue weighted by atomic mass is 127. The van der Waals surface area contributed by atoms with E-state index in [9.17, 15) is 4.79 Å². The SMILES string of the molecule is CCNC(=NCCCn1nc2n(c1=O)CCCC2)N(C)Cc1ncc(-c2ccccc2)[nH]1.I. The third-order valence-corrected chi connectivity index (χ3v) is 5.62. The molecule has 1 aromatic carbocycles. The third-order valence-electron chi connectivity index (χ3n) is 5.62. The number of aryl methyl sites for hydroxylation is 2. The highest BCUT2D eigenvalue weighted by Crippen LogP contribution is 2.16. The third kappa shape index (κ3) is 6.24. The van der Waals surface area contributed by atoms with E-state index in [2.05, 4.69) is 44.3 Å². The Balaban J connectivity index is 0.00000306. The van der Waals surface area contributed by atoms with Crippen molar-refractivity contribution in [2.45, 2.75) is 52.2 Å². The molecular formula is C23H33IN8O. The van der Waals surface area contributed by atoms with Gasteiger partial charge in [0.05, 0.1) is 18.4 Å². The fourth-order valence-corrected chi connectivity index (χ4v) is 3.98. The van der Waals surface area contributed by atoms with Gasteiger partial charge in [-0.15, -0.1) is 24.0 Å². The minimum absolute atomic E-state index is 0. The number of halogens is 1. The van der Waals surface area contributed by atoms with Crippen LogP contribution >= 0.6 is 24.0 Å². The normalized spacial score (nSPS) is 13.3. The van der Waals surface area contributed by atoms with Gasteiger partial charge in [0.25, 0.3) is 0 Å². The van der Waals surface area contributed by atoms with Crippen molar-refractivity contribution in [1.82, 2.24) is 34.5 Å². The van der Waals surface area contributed by atoms with Crippen LogP contribution in [-0.4, -0.2) is 55.3 Å². The van der Waals surface area contributed by atoms with Gasteiger partial charge in [-0.1, -0.05) is 30.3 Å². The number of hydrogen-bond acceptors (Lipinski definition) is 4. The van der Waals surface area contributed by atoms with Crippen molar-refractivity contribution < 1.29 is 0 Å². The fourth-order valence-electron chi connectivity index (χ4n) is 3.98. The van der Waals surface area contributed by atoms with Crippen LogP contribution in [0.5, 0.6) is 0 Å². The zero-order valence-electron chi connectivity index (χ0n) is 19.3. The zero-order valence-corrected chi connectivity index (χ0v) is 21.7. The van der Waals surface area contributed by atoms with Crippen LogP contribution < -0.4 is 11.0 Å². The average molecular weight is 564 g/mol. The van der Waals surface area contributed by atoms with Crippen molar-refractivity contribution in [2.75, 3.05) is 20.1 Å². The maximum absolute atomic E-state index is 12.5. The smallest absolute Gasteiger partial charge is 0.345 e. The van der Waals surface area contributed by atoms with Crippen LogP contribution in [0.1, 0.15) is 37.8 Å². The van der Waals surface area contributed by atoms with Crippen LogP contribution in [0.25, 0.3) is 11.3 Å². The maximum Gasteiger partial charge on any atom is 0.345 e. The first-order valence-electron chi connectivity index (χ1n) is 11.4. The molecule has 2 N–H and O–H groups in total. The quantitative estimate of drug-likeness (QED) is 0.190. The van der Waals surface area contributed by atoms with E-state index in [4.69, 9.17) is 4.99 Å². The molecule has 0 saturated carbocycles. The summed E-state index contributed by atoms with van der Waals surface area (Å²) in [5.41, 5.74) is 2.13. The molecule has 0 fully saturated rings. The Hall–Kier alpha value is -2.63. The molecule has 10 heteroatoms. The van der Waals surface area contributed by atoms with Crippen molar-refractivity contribution in [1.29, 1.82) is 0 Å². The molecule has 4 rings (SSSR count). The van der Waals surface area contributed by atoms with Gasteiger partial charge in [-0.2, -0.15) is 5.10 Å². The molecule has 3 aromatic rings. The Bertz CT molecular complexity index is 1100. The largest absolute Gasteiger partial charge is 0.357 e. The molecule has 1 aliphatic rings. The van der Waals surface area contributed by atoms with E-state index in [1.54, 1.807) is 4.68 Å². The lowest BCUT2D eigenvalue weighted by molar-refractivity contribution is 0.462. The van der Waals surface area contributed by atoms with Crippen LogP contribution in [0.4, 0.5) is 0 Å². The number of imidazole rings is 1. The first-order chi connectivity index (χ1) is 15.7. The number of nitrogens with one attached hydrogen (secondary N) is 2. The molecule has 0 amide bonds. The van der Waals surface area contributed by atoms with Gasteiger partial charge in [-0.25, -0.2) is 14.5 Å². The Morgan fingerprint density at radius 3 is 2.85 bits per heavy atom. The van der Waals surface area contributed by atoms with Gasteiger partial charge in [0.1, 0.15) is 11.6 Å². The van der Waals surface area contributed by atoms with E-state index in [0.717, 1.165) is 67.6 Å². The van der Waals surface area contributed by atoms with Crippen LogP contribution in [0.2, 0.25) is 0 Å². The summed E-state index contributed by atoms with van der Waals surface area (Å²) in [4.78, 5) is 27.2. The molecule has 2 aromatic heterocycles. The van der Waals surface area contributed by atoms with Gasteiger partial charge in [0.2, 0.25) is 0 Å². The molecule has 0 aliphatic carbocycles. The summed E-state index contributed by atoms with van der Waals surface area (Å²) in [6.45, 7) is 5.45. The van der Waals surface area contributed by atoms with Gasteiger partial charge in [0.15, 0.2) is 5.96 Å². The van der Waals surface area contributed by atoms with Crippen molar-refractivity contribution in [2.24, 2.45) is 4.99 Å². The first-order valence-corrected chi connectivity index (χ1v) is 11.4. The van der Waals surface area contributed by atoms with Crippen molar-refractivity contribution in [3.8, 4) is 11.3 Å². The standard InChI is InChI=1S/C23H32N8O.HI/c1-3-24-22(25-13-9-15-31-23(32)30-14-8-7-12-21(30)28-31)29(2)17-20-26-16-19(27-20)18-10-5-4-6-11-18;/h4-6,10-11,16H,3,7-9,12-15,17H2,1-2H3,(H,24,25)(H,26,27);1H. The Kier molecular flexibility index (Phi) is 9.10. The number of hydrogen-bond donors (Lipinski definition) is 2. The number of aromatic amines is 1. The second-order valence-corrected chi connectivity index (χ2v) is 8.09. The van der Waals surface area contributed by atoms with Crippen LogP contribution in [0.3, 0.4) is 0 Å². The lowest BCUT2D eigenvalue weighted by Crippen LogP contribution is -2.38. The number of rotatable bonds is 8. The Labute approximate surface area is 211 Å². The summed E-state index contributed by atoms with van der Waals surface area (Å²) in [6, 6.07) is 10.2. The molecule has 0 atom stereocenters. The van der Waals surface area contributed by atoms with E-state index < -0.39 is 0 Å². The summed E-state index contributed by atoms with van der Waals surface area (Å²) in [7, 11) is 2.00. The lowest BCUT2D eigenvalue weighted by atomic mass is 10.2. The topological polar surface area (TPSA) is 96.1 Å². The molecule has 1 aliphatic heterocycles. The second kappa shape index (κ2) is 12.0. The van der Waals surface area contributed by atoms with Crippen molar-refractivity contribution >= 4 is 29.9 Å². The summed E-state index contributed by atoms with van der Waals surface area (Å²) in [5, 5.41) is 7.84. The molecule has 0 unspecified atom stereocenters. The van der Waals surface area contributed by atoms with Crippen LogP contribution in [0, 0.1) is 0 Å². The van der Waals surface area contributed by atoms with E-state index >= 15 is 0 Å². The van der Waals surface area contributed by atoms with Gasteiger partial charge in [-0.3, -0.25) is 9.56 Å². The predicted molar refractivity (Wildman–Crippen MR) is 141 cm³/mol. The fraction of sp³-hybridized carbons (Fsp3) is 0.478. The molecule has 0 radical (unpaired) electrons. The van der Waals surface area contributed by atoms with E-state index in [1.807, 2.05) is 36.0 Å². The highest BCUT2D eigenvalue weighted by Gasteiger charge is 2.16. The van der Waals surface area contributed by atoms with E-state index in [1.165, 1.54) is 0 Å². The molecular weight excluding hydrogens is 531 g/mol. The average Bonchev–Trinajstić information content (AvgIpc) is 3.41. The van der Waals surface area contributed by atoms with Gasteiger partial charge in [-0.05, 0) is 31.7 Å². The minimum Gasteiger partial charge on any atom is -0.357 e. The number of aromatic nitrogens is 5. The second-order valence-electron chi connectivity index (χ2n) is 8.09. The number of benzene rings is 1. The van der Waals surface area contributed by atoms with Crippen LogP contribution in [0.15, 0.2) is 46.3 Å². The lowest BCUT2D eigenvalue weighted by Gasteiger charge is -2.21. The number of H-pyrrole nitrogens is 1.